The Morgan fingerprint density at radius 3 is 2.53 bits per heavy atom. The Labute approximate surface area is 109 Å². The van der Waals surface area contributed by atoms with Crippen LogP contribution in [0.3, 0.4) is 0 Å². The molecule has 0 bridgehead atoms. The highest BCUT2D eigenvalue weighted by molar-refractivity contribution is 5.80. The van der Waals surface area contributed by atoms with Crippen molar-refractivity contribution in [2.24, 2.45) is 5.41 Å². The van der Waals surface area contributed by atoms with Gasteiger partial charge >= 0.3 is 12.1 Å². The predicted molar refractivity (Wildman–Crippen MR) is 61.4 cm³/mol. The van der Waals surface area contributed by atoms with Gasteiger partial charge in [-0.15, -0.1) is 0 Å². The van der Waals surface area contributed by atoms with Crippen molar-refractivity contribution in [2.75, 3.05) is 0 Å². The summed E-state index contributed by atoms with van der Waals surface area (Å²) in [6.45, 7) is 1.53. The Balaban J connectivity index is 2.58. The number of aliphatic carboxylic acids is 1. The third-order valence-corrected chi connectivity index (χ3v) is 3.67. The quantitative estimate of drug-likeness (QED) is 0.832. The molecule has 0 aromatic carbocycles. The number of hydrogen-bond acceptors (Lipinski definition) is 2. The van der Waals surface area contributed by atoms with Crippen LogP contribution in [0.4, 0.5) is 13.2 Å². The molecular weight excluding hydrogens is 263 g/mol. The van der Waals surface area contributed by atoms with Gasteiger partial charge in [-0.2, -0.15) is 13.2 Å². The van der Waals surface area contributed by atoms with Crippen molar-refractivity contribution in [3.05, 3.63) is 0 Å². The van der Waals surface area contributed by atoms with E-state index < -0.39 is 42.4 Å². The van der Waals surface area contributed by atoms with Gasteiger partial charge in [-0.1, -0.05) is 12.8 Å². The topological polar surface area (TPSA) is 66.4 Å². The van der Waals surface area contributed by atoms with Crippen molar-refractivity contribution < 1.29 is 27.9 Å². The molecule has 2 atom stereocenters. The van der Waals surface area contributed by atoms with Crippen LogP contribution < -0.4 is 5.32 Å². The second-order valence-corrected chi connectivity index (χ2v) is 5.20. The summed E-state index contributed by atoms with van der Waals surface area (Å²) in [7, 11) is 0. The fourth-order valence-electron chi connectivity index (χ4n) is 2.34. The lowest BCUT2D eigenvalue weighted by molar-refractivity contribution is -0.153. The molecule has 0 heterocycles. The maximum absolute atomic E-state index is 12.0. The molecule has 0 aromatic rings. The van der Waals surface area contributed by atoms with Crippen molar-refractivity contribution in [1.82, 2.24) is 5.32 Å². The van der Waals surface area contributed by atoms with Crippen LogP contribution in [0.15, 0.2) is 0 Å². The Bertz CT molecular complexity index is 357. The largest absolute Gasteiger partial charge is 0.481 e. The number of halogens is 3. The van der Waals surface area contributed by atoms with Crippen LogP contribution >= 0.6 is 0 Å². The van der Waals surface area contributed by atoms with Crippen molar-refractivity contribution in [3.63, 3.8) is 0 Å². The summed E-state index contributed by atoms with van der Waals surface area (Å²) in [5.74, 6) is -1.76. The summed E-state index contributed by atoms with van der Waals surface area (Å²) < 4.78 is 36.0. The Morgan fingerprint density at radius 1 is 1.37 bits per heavy atom. The van der Waals surface area contributed by atoms with Crippen LogP contribution in [0.1, 0.15) is 45.4 Å². The van der Waals surface area contributed by atoms with E-state index in [0.29, 0.717) is 12.8 Å². The van der Waals surface area contributed by atoms with Gasteiger partial charge in [0.15, 0.2) is 0 Å². The first-order valence-corrected chi connectivity index (χ1v) is 6.25. The zero-order valence-corrected chi connectivity index (χ0v) is 10.7. The number of nitrogens with one attached hydrogen (secondary N) is 1. The van der Waals surface area contributed by atoms with Crippen LogP contribution in [-0.2, 0) is 9.59 Å². The van der Waals surface area contributed by atoms with Gasteiger partial charge in [0, 0.05) is 12.5 Å². The number of carbonyl (C=O) groups is 2. The smallest absolute Gasteiger partial charge is 0.389 e. The molecule has 0 aliphatic heterocycles. The highest BCUT2D eigenvalue weighted by atomic mass is 19.4. The van der Waals surface area contributed by atoms with Crippen molar-refractivity contribution in [3.8, 4) is 0 Å². The maximum Gasteiger partial charge on any atom is 0.389 e. The number of alkyl halides is 3. The van der Waals surface area contributed by atoms with Crippen LogP contribution in [0.2, 0.25) is 0 Å². The third-order valence-electron chi connectivity index (χ3n) is 3.67. The lowest BCUT2D eigenvalue weighted by Crippen LogP contribution is -2.52. The molecule has 110 valence electrons. The number of rotatable bonds is 4. The molecule has 1 amide bonds. The zero-order valence-electron chi connectivity index (χ0n) is 10.7. The van der Waals surface area contributed by atoms with Crippen LogP contribution in [0.25, 0.3) is 0 Å². The average molecular weight is 281 g/mol. The minimum absolute atomic E-state index is 0.423. The third kappa shape index (κ3) is 4.40. The van der Waals surface area contributed by atoms with Crippen LogP contribution in [-0.4, -0.2) is 29.2 Å². The molecule has 4 nitrogen and oxygen atoms in total. The molecule has 1 aliphatic carbocycles. The van der Waals surface area contributed by atoms with Gasteiger partial charge in [0.25, 0.3) is 0 Å². The normalized spacial score (nSPS) is 27.9. The number of carbonyl (C=O) groups excluding carboxylic acids is 1. The lowest BCUT2D eigenvalue weighted by atomic mass is 9.71. The van der Waals surface area contributed by atoms with E-state index in [0.717, 1.165) is 12.8 Å². The zero-order chi connectivity index (χ0) is 14.7. The van der Waals surface area contributed by atoms with E-state index in [2.05, 4.69) is 5.32 Å². The average Bonchev–Trinajstić information content (AvgIpc) is 2.28. The van der Waals surface area contributed by atoms with Gasteiger partial charge in [-0.05, 0) is 19.8 Å². The Morgan fingerprint density at radius 2 is 2.00 bits per heavy atom. The van der Waals surface area contributed by atoms with Crippen molar-refractivity contribution >= 4 is 11.9 Å². The number of amides is 1. The molecule has 0 spiro atoms. The van der Waals surface area contributed by atoms with Gasteiger partial charge in [-0.25, -0.2) is 0 Å². The summed E-state index contributed by atoms with van der Waals surface area (Å²) in [5, 5.41) is 11.7. The Hall–Kier alpha value is -1.27. The SMILES string of the molecule is CC1(C(=O)O)CCCCC1NC(=O)CCC(F)(F)F. The fraction of sp³-hybridized carbons (Fsp3) is 0.833. The fourth-order valence-corrected chi connectivity index (χ4v) is 2.34. The first-order chi connectivity index (χ1) is 8.65. The molecule has 1 rings (SSSR count). The Kier molecular flexibility index (Phi) is 4.81. The van der Waals surface area contributed by atoms with Gasteiger partial charge < -0.3 is 10.4 Å². The van der Waals surface area contributed by atoms with E-state index in [9.17, 15) is 27.9 Å². The van der Waals surface area contributed by atoms with Gasteiger partial charge in [0.1, 0.15) is 0 Å². The molecule has 7 heteroatoms. The van der Waals surface area contributed by atoms with Crippen molar-refractivity contribution in [2.45, 2.75) is 57.7 Å². The number of hydrogen-bond donors (Lipinski definition) is 2. The molecule has 0 aromatic heterocycles. The van der Waals surface area contributed by atoms with E-state index in [1.165, 1.54) is 6.92 Å². The molecule has 1 aliphatic rings. The van der Waals surface area contributed by atoms with Crippen LogP contribution in [0.5, 0.6) is 0 Å². The molecular formula is C12H18F3NO3. The highest BCUT2D eigenvalue weighted by Gasteiger charge is 2.44. The van der Waals surface area contributed by atoms with Gasteiger partial charge in [0.05, 0.1) is 11.8 Å². The highest BCUT2D eigenvalue weighted by Crippen LogP contribution is 2.36. The standard InChI is InChI=1S/C12H18F3NO3/c1-11(10(18)19)6-3-2-4-8(11)16-9(17)5-7-12(13,14)15/h8H,2-7H2,1H3,(H,16,17)(H,18,19). The predicted octanol–water partition coefficient (Wildman–Crippen LogP) is 2.48. The minimum atomic E-state index is -4.37. The number of carboxylic acids is 1. The summed E-state index contributed by atoms with van der Waals surface area (Å²) in [4.78, 5) is 22.7. The molecule has 0 saturated heterocycles. The maximum atomic E-state index is 12.0. The van der Waals surface area contributed by atoms with E-state index in [1.54, 1.807) is 0 Å². The van der Waals surface area contributed by atoms with E-state index in [-0.39, 0.29) is 0 Å². The second-order valence-electron chi connectivity index (χ2n) is 5.20. The minimum Gasteiger partial charge on any atom is -0.481 e. The van der Waals surface area contributed by atoms with E-state index in [4.69, 9.17) is 0 Å². The summed E-state index contributed by atoms with van der Waals surface area (Å²) in [6.07, 6.45) is -3.79. The van der Waals surface area contributed by atoms with Gasteiger partial charge in [0.2, 0.25) is 5.91 Å². The first-order valence-electron chi connectivity index (χ1n) is 6.25. The molecule has 2 N–H and O–H groups in total. The molecule has 2 unspecified atom stereocenters. The van der Waals surface area contributed by atoms with Crippen LogP contribution in [0, 0.1) is 5.41 Å². The van der Waals surface area contributed by atoms with Gasteiger partial charge in [-0.3, -0.25) is 9.59 Å². The monoisotopic (exact) mass is 281 g/mol. The van der Waals surface area contributed by atoms with E-state index >= 15 is 0 Å². The second kappa shape index (κ2) is 5.79. The summed E-state index contributed by atoms with van der Waals surface area (Å²) >= 11 is 0. The van der Waals surface area contributed by atoms with Crippen molar-refractivity contribution in [1.29, 1.82) is 0 Å². The summed E-state index contributed by atoms with van der Waals surface area (Å²) in [5.41, 5.74) is -1.09. The molecule has 1 fully saturated rings. The molecule has 0 radical (unpaired) electrons. The first kappa shape index (κ1) is 15.8. The van der Waals surface area contributed by atoms with E-state index in [1.807, 2.05) is 0 Å². The lowest BCUT2D eigenvalue weighted by Gasteiger charge is -2.38. The molecule has 1 saturated carbocycles. The summed E-state index contributed by atoms with van der Waals surface area (Å²) in [6, 6.07) is -0.598. The molecule has 19 heavy (non-hydrogen) atoms. The number of carboxylic acid groups (broad SMARTS) is 1.